The maximum atomic E-state index is 13.9. The molecule has 2 aliphatic heterocycles. The highest BCUT2D eigenvalue weighted by atomic mass is 79.9. The van der Waals surface area contributed by atoms with E-state index in [1.807, 2.05) is 23.2 Å². The van der Waals surface area contributed by atoms with E-state index in [0.717, 1.165) is 36.0 Å². The number of rotatable bonds is 1. The molecule has 0 spiro atoms. The van der Waals surface area contributed by atoms with Crippen LogP contribution < -0.4 is 10.4 Å². The van der Waals surface area contributed by atoms with Crippen LogP contribution in [0.25, 0.3) is 0 Å². The second-order valence-corrected chi connectivity index (χ2v) is 5.21. The Morgan fingerprint density at radius 1 is 1.41 bits per heavy atom. The number of hydrogen-bond acceptors (Lipinski definition) is 3. The Kier molecular flexibility index (Phi) is 3.06. The molecule has 5 heteroatoms. The van der Waals surface area contributed by atoms with Crippen molar-refractivity contribution in [2.45, 2.75) is 31.8 Å². The van der Waals surface area contributed by atoms with Crippen LogP contribution in [0.3, 0.4) is 0 Å². The molecule has 3 nitrogen and oxygen atoms in total. The molecular weight excluding hydrogens is 287 g/mol. The summed E-state index contributed by atoms with van der Waals surface area (Å²) >= 11 is 3.39. The number of fused-ring (bicyclic) bond motifs is 1. The van der Waals surface area contributed by atoms with Gasteiger partial charge in [0.15, 0.2) is 6.30 Å². The number of ether oxygens (including phenoxy) is 1. The fraction of sp³-hybridized carbons (Fsp3) is 0.500. The minimum absolute atomic E-state index is 0.0578. The number of hydrogen-bond donors (Lipinski definition) is 1. The van der Waals surface area contributed by atoms with Crippen molar-refractivity contribution >= 4 is 21.6 Å². The van der Waals surface area contributed by atoms with Crippen LogP contribution in [0, 0.1) is 0 Å². The van der Waals surface area contributed by atoms with Gasteiger partial charge in [0.05, 0.1) is 5.69 Å². The molecule has 0 bridgehead atoms. The number of hydrazine groups is 1. The van der Waals surface area contributed by atoms with Gasteiger partial charge in [-0.2, -0.15) is 5.43 Å². The van der Waals surface area contributed by atoms with Gasteiger partial charge in [0.2, 0.25) is 0 Å². The fourth-order valence-electron chi connectivity index (χ4n) is 2.41. The summed E-state index contributed by atoms with van der Waals surface area (Å²) in [5.41, 5.74) is 4.38. The van der Waals surface area contributed by atoms with Gasteiger partial charge in [-0.25, -0.2) is 4.39 Å². The summed E-state index contributed by atoms with van der Waals surface area (Å²) in [7, 11) is 0. The molecular formula is C12H14BrFN2O. The summed E-state index contributed by atoms with van der Waals surface area (Å²) in [5.74, 6) is 0. The first-order valence-corrected chi connectivity index (χ1v) is 6.66. The van der Waals surface area contributed by atoms with E-state index in [-0.39, 0.29) is 6.23 Å². The van der Waals surface area contributed by atoms with E-state index in [1.54, 1.807) is 0 Å². The number of nitrogens with zero attached hydrogens (tertiary/aromatic N) is 1. The largest absolute Gasteiger partial charge is 0.357 e. The van der Waals surface area contributed by atoms with Crippen molar-refractivity contribution < 1.29 is 9.13 Å². The maximum absolute atomic E-state index is 13.9. The molecule has 17 heavy (non-hydrogen) atoms. The first-order chi connectivity index (χ1) is 8.27. The predicted molar refractivity (Wildman–Crippen MR) is 67.2 cm³/mol. The van der Waals surface area contributed by atoms with Gasteiger partial charge in [-0.15, -0.1) is 0 Å². The highest BCUT2D eigenvalue weighted by Crippen LogP contribution is 2.40. The van der Waals surface area contributed by atoms with Gasteiger partial charge in [0.25, 0.3) is 0 Å². The SMILES string of the molecule is FC1NN(C2CCCCO2)c2cccc(Br)c21. The zero-order valence-corrected chi connectivity index (χ0v) is 10.9. The number of nitrogens with one attached hydrogen (secondary N) is 1. The van der Waals surface area contributed by atoms with Crippen LogP contribution >= 0.6 is 15.9 Å². The molecule has 1 aromatic carbocycles. The van der Waals surface area contributed by atoms with Crippen LogP contribution in [0.15, 0.2) is 22.7 Å². The summed E-state index contributed by atoms with van der Waals surface area (Å²) in [6.45, 7) is 0.753. The van der Waals surface area contributed by atoms with Gasteiger partial charge >= 0.3 is 0 Å². The van der Waals surface area contributed by atoms with E-state index in [0.29, 0.717) is 5.56 Å². The topological polar surface area (TPSA) is 24.5 Å². The number of alkyl halides is 1. The van der Waals surface area contributed by atoms with Crippen molar-refractivity contribution in [1.29, 1.82) is 0 Å². The van der Waals surface area contributed by atoms with Crippen LogP contribution in [-0.4, -0.2) is 12.8 Å². The molecule has 0 saturated carbocycles. The Balaban J connectivity index is 1.92. The molecule has 0 aliphatic carbocycles. The van der Waals surface area contributed by atoms with Gasteiger partial charge in [-0.1, -0.05) is 22.0 Å². The van der Waals surface area contributed by atoms with Gasteiger partial charge in [-0.05, 0) is 31.4 Å². The maximum Gasteiger partial charge on any atom is 0.196 e. The van der Waals surface area contributed by atoms with Crippen molar-refractivity contribution in [3.05, 3.63) is 28.2 Å². The first-order valence-electron chi connectivity index (χ1n) is 5.87. The Hall–Kier alpha value is -0.650. The monoisotopic (exact) mass is 300 g/mol. The summed E-state index contributed by atoms with van der Waals surface area (Å²) in [6, 6.07) is 5.70. The number of halogens is 2. The molecule has 2 unspecified atom stereocenters. The van der Waals surface area contributed by atoms with E-state index < -0.39 is 6.30 Å². The Morgan fingerprint density at radius 3 is 3.06 bits per heavy atom. The Labute approximate surface area is 108 Å². The molecule has 3 rings (SSSR count). The van der Waals surface area contributed by atoms with Crippen LogP contribution in [0.1, 0.15) is 31.1 Å². The second kappa shape index (κ2) is 4.55. The lowest BCUT2D eigenvalue weighted by Gasteiger charge is -2.32. The van der Waals surface area contributed by atoms with E-state index >= 15 is 0 Å². The molecule has 2 atom stereocenters. The second-order valence-electron chi connectivity index (χ2n) is 4.36. The van der Waals surface area contributed by atoms with Crippen molar-refractivity contribution in [1.82, 2.24) is 5.43 Å². The van der Waals surface area contributed by atoms with Gasteiger partial charge in [0, 0.05) is 16.6 Å². The fourth-order valence-corrected chi connectivity index (χ4v) is 2.97. The summed E-state index contributed by atoms with van der Waals surface area (Å²) in [6.07, 6.45) is 1.94. The third-order valence-corrected chi connectivity index (χ3v) is 3.93. The highest BCUT2D eigenvalue weighted by molar-refractivity contribution is 9.10. The minimum Gasteiger partial charge on any atom is -0.357 e. The highest BCUT2D eigenvalue weighted by Gasteiger charge is 2.35. The third-order valence-electron chi connectivity index (χ3n) is 3.24. The Bertz CT molecular complexity index is 423. The molecule has 1 N–H and O–H groups in total. The lowest BCUT2D eigenvalue weighted by Crippen LogP contribution is -2.45. The van der Waals surface area contributed by atoms with Crippen molar-refractivity contribution in [2.24, 2.45) is 0 Å². The molecule has 1 aromatic rings. The lowest BCUT2D eigenvalue weighted by atomic mass is 10.1. The molecule has 1 saturated heterocycles. The predicted octanol–water partition coefficient (Wildman–Crippen LogP) is 3.27. The van der Waals surface area contributed by atoms with E-state index in [1.165, 1.54) is 0 Å². The standard InChI is InChI=1S/C12H14BrFN2O/c13-8-4-3-5-9-11(8)12(14)15-16(9)10-6-1-2-7-17-10/h3-5,10,12,15H,1-2,6-7H2. The quantitative estimate of drug-likeness (QED) is 0.806. The van der Waals surface area contributed by atoms with Gasteiger partial charge in [0.1, 0.15) is 6.23 Å². The first kappa shape index (κ1) is 11.4. The van der Waals surface area contributed by atoms with E-state index in [9.17, 15) is 4.39 Å². The average molecular weight is 301 g/mol. The van der Waals surface area contributed by atoms with Gasteiger partial charge in [-0.3, -0.25) is 5.01 Å². The molecule has 1 fully saturated rings. The molecule has 0 radical (unpaired) electrons. The molecule has 0 aromatic heterocycles. The van der Waals surface area contributed by atoms with E-state index in [4.69, 9.17) is 4.74 Å². The number of anilines is 1. The van der Waals surface area contributed by atoms with Crippen molar-refractivity contribution in [3.8, 4) is 0 Å². The van der Waals surface area contributed by atoms with Crippen LogP contribution in [0.4, 0.5) is 10.1 Å². The minimum atomic E-state index is -1.16. The third kappa shape index (κ3) is 1.96. The van der Waals surface area contributed by atoms with Crippen molar-refractivity contribution in [2.75, 3.05) is 11.6 Å². The lowest BCUT2D eigenvalue weighted by molar-refractivity contribution is 0.00519. The molecule has 2 heterocycles. The van der Waals surface area contributed by atoms with Gasteiger partial charge < -0.3 is 4.74 Å². The zero-order valence-electron chi connectivity index (χ0n) is 9.33. The molecule has 0 amide bonds. The smallest absolute Gasteiger partial charge is 0.196 e. The average Bonchev–Trinajstić information content (AvgIpc) is 2.69. The zero-order chi connectivity index (χ0) is 11.8. The molecule has 2 aliphatic rings. The van der Waals surface area contributed by atoms with Crippen LogP contribution in [0.2, 0.25) is 0 Å². The summed E-state index contributed by atoms with van der Waals surface area (Å²) in [4.78, 5) is 0. The summed E-state index contributed by atoms with van der Waals surface area (Å²) in [5, 5.41) is 1.82. The normalized spacial score (nSPS) is 28.2. The van der Waals surface area contributed by atoms with E-state index in [2.05, 4.69) is 21.4 Å². The van der Waals surface area contributed by atoms with Crippen LogP contribution in [-0.2, 0) is 4.74 Å². The van der Waals surface area contributed by atoms with Crippen LogP contribution in [0.5, 0.6) is 0 Å². The van der Waals surface area contributed by atoms with Crippen molar-refractivity contribution in [3.63, 3.8) is 0 Å². The summed E-state index contributed by atoms with van der Waals surface area (Å²) < 4.78 is 20.4. The number of benzene rings is 1. The Morgan fingerprint density at radius 2 is 2.29 bits per heavy atom. The molecule has 92 valence electrons.